The predicted molar refractivity (Wildman–Crippen MR) is 55.8 cm³/mol. The van der Waals surface area contributed by atoms with Gasteiger partial charge in [-0.25, -0.2) is 0 Å². The predicted octanol–water partition coefficient (Wildman–Crippen LogP) is 2.67. The van der Waals surface area contributed by atoms with Crippen LogP contribution in [0.15, 0.2) is 22.0 Å². The van der Waals surface area contributed by atoms with Gasteiger partial charge in [0.25, 0.3) is 0 Å². The Bertz CT molecular complexity index is 329. The summed E-state index contributed by atoms with van der Waals surface area (Å²) in [6, 6.07) is 0. The van der Waals surface area contributed by atoms with Gasteiger partial charge in [-0.15, -0.1) is 0 Å². The largest absolute Gasteiger partial charge is 0.160 e. The second kappa shape index (κ2) is 3.62. The van der Waals surface area contributed by atoms with E-state index >= 15 is 0 Å². The summed E-state index contributed by atoms with van der Waals surface area (Å²) in [5.41, 5.74) is 1.27. The van der Waals surface area contributed by atoms with Gasteiger partial charge in [-0.3, -0.25) is 0 Å². The van der Waals surface area contributed by atoms with Gasteiger partial charge >= 0.3 is 0 Å². The van der Waals surface area contributed by atoms with Crippen LogP contribution < -0.4 is 0 Å². The first-order valence-electron chi connectivity index (χ1n) is 4.53. The molecule has 0 aromatic carbocycles. The molecule has 0 spiro atoms. The summed E-state index contributed by atoms with van der Waals surface area (Å²) in [6.45, 7) is 2.23. The van der Waals surface area contributed by atoms with E-state index in [0.29, 0.717) is 5.92 Å². The Labute approximate surface area is 86.0 Å². The molecule has 1 aromatic heterocycles. The fourth-order valence-electron chi connectivity index (χ4n) is 1.63. The minimum atomic E-state index is 0.628. The first-order valence-corrected chi connectivity index (χ1v) is 5.33. The molecule has 1 aliphatic rings. The third-order valence-corrected chi connectivity index (χ3v) is 2.82. The average molecular weight is 242 g/mol. The lowest BCUT2D eigenvalue weighted by Gasteiger charge is -2.01. The molecule has 3 nitrogen and oxygen atoms in total. The summed E-state index contributed by atoms with van der Waals surface area (Å²) in [5, 5.41) is 8.55. The first kappa shape index (κ1) is 8.94. The maximum absolute atomic E-state index is 4.45. The average Bonchev–Trinajstić information content (AvgIpc) is 2.64. The van der Waals surface area contributed by atoms with Crippen LogP contribution in [-0.4, -0.2) is 15.6 Å². The van der Waals surface area contributed by atoms with E-state index < -0.39 is 0 Å². The standard InChI is InChI=1S/C9H12BrN3/c1-7-3-2-4-9(7)12-13-6-8(10)5-11-13/h5-7H,2-4H2,1H3/b12-9+. The molecule has 0 radical (unpaired) electrons. The molecular formula is C9H12BrN3. The van der Waals surface area contributed by atoms with Gasteiger partial charge in [0.2, 0.25) is 0 Å². The van der Waals surface area contributed by atoms with Crippen molar-refractivity contribution in [1.82, 2.24) is 9.89 Å². The second-order valence-electron chi connectivity index (χ2n) is 3.46. The molecule has 1 heterocycles. The van der Waals surface area contributed by atoms with Crippen LogP contribution >= 0.6 is 15.9 Å². The van der Waals surface area contributed by atoms with E-state index in [1.807, 2.05) is 6.20 Å². The SMILES string of the molecule is CC1CCC/C1=N\n1cc(Br)cn1. The Hall–Kier alpha value is -0.640. The van der Waals surface area contributed by atoms with Crippen molar-refractivity contribution in [3.8, 4) is 0 Å². The molecule has 1 aromatic rings. The molecule has 0 bridgehead atoms. The Balaban J connectivity index is 2.19. The van der Waals surface area contributed by atoms with Crippen LogP contribution in [0.3, 0.4) is 0 Å². The maximum Gasteiger partial charge on any atom is 0.0654 e. The number of hydrogen-bond donors (Lipinski definition) is 0. The van der Waals surface area contributed by atoms with Crippen LogP contribution in [0.5, 0.6) is 0 Å². The lowest BCUT2D eigenvalue weighted by molar-refractivity contribution is 0.702. The van der Waals surface area contributed by atoms with Gasteiger partial charge in [-0.1, -0.05) is 6.92 Å². The van der Waals surface area contributed by atoms with Crippen molar-refractivity contribution in [2.24, 2.45) is 11.0 Å². The number of hydrogen-bond acceptors (Lipinski definition) is 2. The molecule has 0 N–H and O–H groups in total. The van der Waals surface area contributed by atoms with E-state index in [0.717, 1.165) is 10.9 Å². The molecule has 1 fully saturated rings. The van der Waals surface area contributed by atoms with Gasteiger partial charge in [0, 0.05) is 5.71 Å². The summed E-state index contributed by atoms with van der Waals surface area (Å²) >= 11 is 3.34. The molecule has 1 atom stereocenters. The van der Waals surface area contributed by atoms with E-state index in [1.165, 1.54) is 18.6 Å². The van der Waals surface area contributed by atoms with E-state index in [4.69, 9.17) is 0 Å². The smallest absolute Gasteiger partial charge is 0.0654 e. The van der Waals surface area contributed by atoms with Gasteiger partial charge in [0.15, 0.2) is 0 Å². The molecule has 1 unspecified atom stereocenters. The van der Waals surface area contributed by atoms with Crippen molar-refractivity contribution in [3.63, 3.8) is 0 Å². The lowest BCUT2D eigenvalue weighted by atomic mass is 10.1. The van der Waals surface area contributed by atoms with Crippen molar-refractivity contribution in [2.75, 3.05) is 0 Å². The second-order valence-corrected chi connectivity index (χ2v) is 4.38. The molecule has 0 aliphatic heterocycles. The van der Waals surface area contributed by atoms with Crippen molar-refractivity contribution < 1.29 is 0 Å². The van der Waals surface area contributed by atoms with Gasteiger partial charge in [0.05, 0.1) is 16.9 Å². The topological polar surface area (TPSA) is 30.2 Å². The van der Waals surface area contributed by atoms with Crippen LogP contribution in [-0.2, 0) is 0 Å². The van der Waals surface area contributed by atoms with Crippen molar-refractivity contribution >= 4 is 21.6 Å². The number of rotatable bonds is 1. The molecular weight excluding hydrogens is 230 g/mol. The summed E-state index contributed by atoms with van der Waals surface area (Å²) in [5.74, 6) is 0.628. The highest BCUT2D eigenvalue weighted by Crippen LogP contribution is 2.22. The fraction of sp³-hybridized carbons (Fsp3) is 0.556. The van der Waals surface area contributed by atoms with Crippen molar-refractivity contribution in [2.45, 2.75) is 26.2 Å². The van der Waals surface area contributed by atoms with Crippen molar-refractivity contribution in [3.05, 3.63) is 16.9 Å². The van der Waals surface area contributed by atoms with Gasteiger partial charge in [0.1, 0.15) is 0 Å². The Morgan fingerprint density at radius 2 is 2.54 bits per heavy atom. The molecule has 1 saturated carbocycles. The number of halogens is 1. The minimum absolute atomic E-state index is 0.628. The minimum Gasteiger partial charge on any atom is -0.160 e. The molecule has 70 valence electrons. The zero-order chi connectivity index (χ0) is 9.26. The maximum atomic E-state index is 4.45. The van der Waals surface area contributed by atoms with Crippen LogP contribution in [0, 0.1) is 5.92 Å². The third kappa shape index (κ3) is 1.99. The van der Waals surface area contributed by atoms with E-state index in [1.54, 1.807) is 11.0 Å². The fourth-order valence-corrected chi connectivity index (χ4v) is 1.90. The normalized spacial score (nSPS) is 25.7. The molecule has 2 rings (SSSR count). The van der Waals surface area contributed by atoms with Crippen LogP contribution in [0.2, 0.25) is 0 Å². The van der Waals surface area contributed by atoms with Gasteiger partial charge in [-0.2, -0.15) is 15.0 Å². The first-order chi connectivity index (χ1) is 6.25. The highest BCUT2D eigenvalue weighted by molar-refractivity contribution is 9.10. The molecule has 0 amide bonds. The highest BCUT2D eigenvalue weighted by atomic mass is 79.9. The summed E-state index contributed by atoms with van der Waals surface area (Å²) < 4.78 is 0.975. The quantitative estimate of drug-likeness (QED) is 0.744. The van der Waals surface area contributed by atoms with Crippen LogP contribution in [0.1, 0.15) is 26.2 Å². The lowest BCUT2D eigenvalue weighted by Crippen LogP contribution is -2.05. The summed E-state index contributed by atoms with van der Waals surface area (Å²) in [7, 11) is 0. The zero-order valence-corrected chi connectivity index (χ0v) is 9.16. The van der Waals surface area contributed by atoms with Crippen LogP contribution in [0.4, 0.5) is 0 Å². The molecule has 0 saturated heterocycles. The van der Waals surface area contributed by atoms with E-state index in [2.05, 4.69) is 33.1 Å². The van der Waals surface area contributed by atoms with Crippen LogP contribution in [0.25, 0.3) is 0 Å². The molecule has 4 heteroatoms. The van der Waals surface area contributed by atoms with E-state index in [-0.39, 0.29) is 0 Å². The zero-order valence-electron chi connectivity index (χ0n) is 7.57. The highest BCUT2D eigenvalue weighted by Gasteiger charge is 2.17. The third-order valence-electron chi connectivity index (χ3n) is 2.41. The Kier molecular flexibility index (Phi) is 2.49. The Morgan fingerprint density at radius 3 is 3.08 bits per heavy atom. The summed E-state index contributed by atoms with van der Waals surface area (Å²) in [6.07, 6.45) is 7.28. The number of nitrogens with zero attached hydrogens (tertiary/aromatic N) is 3. The number of aromatic nitrogens is 2. The monoisotopic (exact) mass is 241 g/mol. The molecule has 1 aliphatic carbocycles. The van der Waals surface area contributed by atoms with Crippen molar-refractivity contribution in [1.29, 1.82) is 0 Å². The molecule has 13 heavy (non-hydrogen) atoms. The van der Waals surface area contributed by atoms with Gasteiger partial charge < -0.3 is 0 Å². The van der Waals surface area contributed by atoms with E-state index in [9.17, 15) is 0 Å². The summed E-state index contributed by atoms with van der Waals surface area (Å²) in [4.78, 5) is 1.64. The van der Waals surface area contributed by atoms with Gasteiger partial charge in [-0.05, 0) is 41.1 Å². The Morgan fingerprint density at radius 1 is 1.69 bits per heavy atom.